The zero-order chi connectivity index (χ0) is 12.3. The van der Waals surface area contributed by atoms with Crippen molar-refractivity contribution in [1.82, 2.24) is 0 Å². The van der Waals surface area contributed by atoms with Gasteiger partial charge < -0.3 is 0 Å². The van der Waals surface area contributed by atoms with Crippen LogP contribution in [-0.4, -0.2) is 0 Å². The third kappa shape index (κ3) is 2.85. The molecule has 0 nitrogen and oxygen atoms in total. The van der Waals surface area contributed by atoms with E-state index in [2.05, 4.69) is 44.2 Å². The van der Waals surface area contributed by atoms with Crippen molar-refractivity contribution < 1.29 is 0 Å². The number of halogens is 1. The average molecular weight is 251 g/mol. The smallest absolute Gasteiger partial charge is 0.0641 e. The molecule has 1 saturated carbocycles. The molecule has 0 amide bonds. The van der Waals surface area contributed by atoms with E-state index in [4.69, 9.17) is 11.6 Å². The van der Waals surface area contributed by atoms with E-state index in [9.17, 15) is 0 Å². The second-order valence-corrected chi connectivity index (χ2v) is 6.38. The quantitative estimate of drug-likeness (QED) is 0.613. The highest BCUT2D eigenvalue weighted by Gasteiger charge is 2.41. The highest BCUT2D eigenvalue weighted by atomic mass is 35.5. The van der Waals surface area contributed by atoms with E-state index in [1.54, 1.807) is 0 Å². The molecular weight excluding hydrogens is 228 g/mol. The van der Waals surface area contributed by atoms with Crippen LogP contribution >= 0.6 is 11.6 Å². The molecule has 1 aliphatic carbocycles. The van der Waals surface area contributed by atoms with E-state index in [0.29, 0.717) is 5.41 Å². The van der Waals surface area contributed by atoms with Gasteiger partial charge in [0.1, 0.15) is 0 Å². The Bertz CT molecular complexity index is 336. The topological polar surface area (TPSA) is 0 Å². The summed E-state index contributed by atoms with van der Waals surface area (Å²) in [6.07, 6.45) is 6.56. The molecule has 1 fully saturated rings. The van der Waals surface area contributed by atoms with Gasteiger partial charge in [-0.1, -0.05) is 57.0 Å². The molecule has 1 aromatic rings. The summed E-state index contributed by atoms with van der Waals surface area (Å²) >= 11 is 6.81. The molecule has 0 aromatic heterocycles. The van der Waals surface area contributed by atoms with Gasteiger partial charge in [-0.25, -0.2) is 0 Å². The molecule has 94 valence electrons. The molecule has 0 aliphatic heterocycles. The standard InChI is InChI=1S/C16H23Cl/c1-13(2)12-16(10-6-7-11-16)15(17)14-8-4-3-5-9-14/h3-5,8-9,13,15H,6-7,10-12H2,1-2H3. The van der Waals surface area contributed by atoms with E-state index in [1.165, 1.54) is 37.7 Å². The lowest BCUT2D eigenvalue weighted by Crippen LogP contribution is -2.24. The van der Waals surface area contributed by atoms with Crippen LogP contribution in [-0.2, 0) is 0 Å². The van der Waals surface area contributed by atoms with Gasteiger partial charge in [0.05, 0.1) is 5.38 Å². The number of alkyl halides is 1. The van der Waals surface area contributed by atoms with Gasteiger partial charge in [-0.05, 0) is 36.2 Å². The summed E-state index contributed by atoms with van der Waals surface area (Å²) < 4.78 is 0. The van der Waals surface area contributed by atoms with E-state index in [-0.39, 0.29) is 5.38 Å². The summed E-state index contributed by atoms with van der Waals surface area (Å²) in [6, 6.07) is 10.6. The van der Waals surface area contributed by atoms with Crippen molar-refractivity contribution in [3.63, 3.8) is 0 Å². The van der Waals surface area contributed by atoms with Gasteiger partial charge in [0.15, 0.2) is 0 Å². The average Bonchev–Trinajstić information content (AvgIpc) is 2.78. The molecule has 1 atom stereocenters. The fourth-order valence-electron chi connectivity index (χ4n) is 3.43. The van der Waals surface area contributed by atoms with Gasteiger partial charge in [-0.3, -0.25) is 0 Å². The third-order valence-corrected chi connectivity index (χ3v) is 4.76. The number of benzene rings is 1. The summed E-state index contributed by atoms with van der Waals surface area (Å²) in [6.45, 7) is 4.63. The molecule has 17 heavy (non-hydrogen) atoms. The maximum Gasteiger partial charge on any atom is 0.0641 e. The Hall–Kier alpha value is -0.490. The largest absolute Gasteiger partial charge is 0.117 e. The highest BCUT2D eigenvalue weighted by Crippen LogP contribution is 2.54. The summed E-state index contributed by atoms with van der Waals surface area (Å²) in [5.74, 6) is 0.734. The Morgan fingerprint density at radius 1 is 1.12 bits per heavy atom. The normalized spacial score (nSPS) is 20.7. The SMILES string of the molecule is CC(C)CC1(C(Cl)c2ccccc2)CCCC1. The number of rotatable bonds is 4. The van der Waals surface area contributed by atoms with E-state index < -0.39 is 0 Å². The fourth-order valence-corrected chi connectivity index (χ4v) is 3.88. The molecule has 1 unspecified atom stereocenters. The van der Waals surface area contributed by atoms with Crippen LogP contribution in [0.25, 0.3) is 0 Å². The van der Waals surface area contributed by atoms with Crippen LogP contribution in [0.5, 0.6) is 0 Å². The van der Waals surface area contributed by atoms with Crippen molar-refractivity contribution in [2.24, 2.45) is 11.3 Å². The second kappa shape index (κ2) is 5.44. The Balaban J connectivity index is 2.21. The predicted octanol–water partition coefficient (Wildman–Crippen LogP) is 5.57. The molecule has 2 rings (SSSR count). The molecule has 1 aromatic carbocycles. The third-order valence-electron chi connectivity index (χ3n) is 4.04. The van der Waals surface area contributed by atoms with E-state index in [0.717, 1.165) is 5.92 Å². The number of hydrogen-bond donors (Lipinski definition) is 0. The first-order valence-electron chi connectivity index (χ1n) is 6.83. The van der Waals surface area contributed by atoms with Gasteiger partial charge in [0, 0.05) is 0 Å². The van der Waals surface area contributed by atoms with Crippen LogP contribution in [0.1, 0.15) is 56.9 Å². The monoisotopic (exact) mass is 250 g/mol. The lowest BCUT2D eigenvalue weighted by molar-refractivity contribution is 0.223. The first-order chi connectivity index (χ1) is 8.14. The zero-order valence-electron chi connectivity index (χ0n) is 11.0. The van der Waals surface area contributed by atoms with E-state index >= 15 is 0 Å². The van der Waals surface area contributed by atoms with Crippen LogP contribution in [0.3, 0.4) is 0 Å². The Morgan fingerprint density at radius 3 is 2.24 bits per heavy atom. The van der Waals surface area contributed by atoms with Crippen LogP contribution in [0.15, 0.2) is 30.3 Å². The van der Waals surface area contributed by atoms with Gasteiger partial charge in [0.2, 0.25) is 0 Å². The molecule has 1 heteroatoms. The first kappa shape index (κ1) is 13.0. The molecule has 0 heterocycles. The lowest BCUT2D eigenvalue weighted by Gasteiger charge is -2.36. The summed E-state index contributed by atoms with van der Waals surface area (Å²) in [5.41, 5.74) is 1.65. The molecule has 0 bridgehead atoms. The summed E-state index contributed by atoms with van der Waals surface area (Å²) in [5, 5.41) is 0.189. The lowest BCUT2D eigenvalue weighted by atomic mass is 9.73. The maximum absolute atomic E-state index is 6.81. The Labute approximate surface area is 110 Å². The van der Waals surface area contributed by atoms with Crippen molar-refractivity contribution in [3.05, 3.63) is 35.9 Å². The van der Waals surface area contributed by atoms with Gasteiger partial charge in [0.25, 0.3) is 0 Å². The molecule has 0 N–H and O–H groups in total. The maximum atomic E-state index is 6.81. The fraction of sp³-hybridized carbons (Fsp3) is 0.625. The predicted molar refractivity (Wildman–Crippen MR) is 75.4 cm³/mol. The molecule has 0 spiro atoms. The van der Waals surface area contributed by atoms with Crippen LogP contribution in [0, 0.1) is 11.3 Å². The minimum absolute atomic E-state index is 0.189. The second-order valence-electron chi connectivity index (χ2n) is 5.94. The van der Waals surface area contributed by atoms with Crippen molar-refractivity contribution >= 4 is 11.6 Å². The Kier molecular flexibility index (Phi) is 4.14. The van der Waals surface area contributed by atoms with Gasteiger partial charge >= 0.3 is 0 Å². The van der Waals surface area contributed by atoms with Crippen molar-refractivity contribution in [3.8, 4) is 0 Å². The zero-order valence-corrected chi connectivity index (χ0v) is 11.7. The van der Waals surface area contributed by atoms with Gasteiger partial charge in [-0.15, -0.1) is 11.6 Å². The summed E-state index contributed by atoms with van der Waals surface area (Å²) in [7, 11) is 0. The molecule has 0 radical (unpaired) electrons. The summed E-state index contributed by atoms with van der Waals surface area (Å²) in [4.78, 5) is 0. The van der Waals surface area contributed by atoms with Crippen LogP contribution in [0.4, 0.5) is 0 Å². The molecule has 0 saturated heterocycles. The van der Waals surface area contributed by atoms with Crippen LogP contribution < -0.4 is 0 Å². The Morgan fingerprint density at radius 2 is 1.71 bits per heavy atom. The number of hydrogen-bond acceptors (Lipinski definition) is 0. The van der Waals surface area contributed by atoms with E-state index in [1.807, 2.05) is 0 Å². The first-order valence-corrected chi connectivity index (χ1v) is 7.27. The van der Waals surface area contributed by atoms with Crippen LogP contribution in [0.2, 0.25) is 0 Å². The minimum Gasteiger partial charge on any atom is -0.117 e. The van der Waals surface area contributed by atoms with Crippen molar-refractivity contribution in [1.29, 1.82) is 0 Å². The van der Waals surface area contributed by atoms with Gasteiger partial charge in [-0.2, -0.15) is 0 Å². The van der Waals surface area contributed by atoms with Crippen molar-refractivity contribution in [2.45, 2.75) is 51.3 Å². The highest BCUT2D eigenvalue weighted by molar-refractivity contribution is 6.21. The minimum atomic E-state index is 0.189. The molecular formula is C16H23Cl. The van der Waals surface area contributed by atoms with Crippen molar-refractivity contribution in [2.75, 3.05) is 0 Å². The molecule has 1 aliphatic rings.